The summed E-state index contributed by atoms with van der Waals surface area (Å²) in [5.74, 6) is -0.0676. The van der Waals surface area contributed by atoms with E-state index in [0.717, 1.165) is 32.1 Å². The van der Waals surface area contributed by atoms with Crippen molar-refractivity contribution in [3.05, 3.63) is 24.3 Å². The number of hydrogen-bond acceptors (Lipinski definition) is 3. The molecule has 0 aromatic heterocycles. The molecule has 4 heteroatoms. The van der Waals surface area contributed by atoms with Crippen molar-refractivity contribution in [3.63, 3.8) is 0 Å². The molecule has 4 nitrogen and oxygen atoms in total. The van der Waals surface area contributed by atoms with Crippen molar-refractivity contribution in [1.82, 2.24) is 5.32 Å². The predicted molar refractivity (Wildman–Crippen MR) is 253 cm³/mol. The van der Waals surface area contributed by atoms with Gasteiger partial charge in [-0.1, -0.05) is 276 Å². The molecule has 57 heavy (non-hydrogen) atoms. The smallest absolute Gasteiger partial charge is 0.220 e. The third-order valence-corrected chi connectivity index (χ3v) is 12.2. The van der Waals surface area contributed by atoms with E-state index >= 15 is 0 Å². The van der Waals surface area contributed by atoms with E-state index in [-0.39, 0.29) is 12.5 Å². The van der Waals surface area contributed by atoms with Gasteiger partial charge >= 0.3 is 0 Å². The van der Waals surface area contributed by atoms with Crippen LogP contribution >= 0.6 is 0 Å². The molecule has 0 saturated heterocycles. The fourth-order valence-corrected chi connectivity index (χ4v) is 8.20. The van der Waals surface area contributed by atoms with E-state index in [9.17, 15) is 15.0 Å². The van der Waals surface area contributed by atoms with E-state index < -0.39 is 12.1 Å². The molecule has 3 N–H and O–H groups in total. The molecule has 1 amide bonds. The number of carbonyl (C=O) groups excluding carboxylic acids is 1. The zero-order valence-electron chi connectivity index (χ0n) is 38.9. The number of rotatable bonds is 48. The Kier molecular flexibility index (Phi) is 48.3. The Labute approximate surface area is 358 Å². The fraction of sp³-hybridized carbons (Fsp3) is 0.906. The van der Waals surface area contributed by atoms with E-state index in [1.807, 2.05) is 6.08 Å². The quantitative estimate of drug-likeness (QED) is 0.0424. The molecule has 0 spiro atoms. The molecule has 2 atom stereocenters. The van der Waals surface area contributed by atoms with Crippen LogP contribution in [0.2, 0.25) is 0 Å². The average Bonchev–Trinajstić information content (AvgIpc) is 3.22. The van der Waals surface area contributed by atoms with Crippen LogP contribution in [0, 0.1) is 0 Å². The number of nitrogens with one attached hydrogen (secondary N) is 1. The Hall–Kier alpha value is -1.13. The van der Waals surface area contributed by atoms with Crippen molar-refractivity contribution >= 4 is 5.91 Å². The molecule has 2 unspecified atom stereocenters. The van der Waals surface area contributed by atoms with E-state index in [0.29, 0.717) is 6.42 Å². The number of aliphatic hydroxyl groups is 2. The van der Waals surface area contributed by atoms with E-state index in [1.54, 1.807) is 6.08 Å². The Morgan fingerprint density at radius 2 is 0.684 bits per heavy atom. The first-order chi connectivity index (χ1) is 28.2. The lowest BCUT2D eigenvalue weighted by Gasteiger charge is -2.19. The van der Waals surface area contributed by atoms with Gasteiger partial charge in [-0.05, 0) is 32.1 Å². The second-order valence-electron chi connectivity index (χ2n) is 17.9. The van der Waals surface area contributed by atoms with Crippen molar-refractivity contribution in [2.75, 3.05) is 6.61 Å². The van der Waals surface area contributed by atoms with Crippen molar-refractivity contribution in [2.45, 2.75) is 302 Å². The second-order valence-corrected chi connectivity index (χ2v) is 17.9. The minimum atomic E-state index is -0.859. The topological polar surface area (TPSA) is 69.6 Å². The summed E-state index contributed by atoms with van der Waals surface area (Å²) in [7, 11) is 0. The Bertz CT molecular complexity index is 825. The zero-order chi connectivity index (χ0) is 41.4. The van der Waals surface area contributed by atoms with Crippen LogP contribution in [0.25, 0.3) is 0 Å². The first kappa shape index (κ1) is 55.9. The summed E-state index contributed by atoms with van der Waals surface area (Å²) >= 11 is 0. The van der Waals surface area contributed by atoms with Gasteiger partial charge in [-0.2, -0.15) is 0 Å². The highest BCUT2D eigenvalue weighted by Crippen LogP contribution is 2.17. The molecule has 0 aromatic carbocycles. The number of carbonyl (C=O) groups is 1. The lowest BCUT2D eigenvalue weighted by Crippen LogP contribution is -2.45. The zero-order valence-corrected chi connectivity index (χ0v) is 38.9. The van der Waals surface area contributed by atoms with Crippen LogP contribution in [0.4, 0.5) is 0 Å². The van der Waals surface area contributed by atoms with Gasteiger partial charge in [-0.3, -0.25) is 4.79 Å². The number of amides is 1. The number of hydrogen-bond donors (Lipinski definition) is 3. The first-order valence-corrected chi connectivity index (χ1v) is 26.1. The summed E-state index contributed by atoms with van der Waals surface area (Å²) in [4.78, 5) is 12.4. The highest BCUT2D eigenvalue weighted by molar-refractivity contribution is 5.76. The maximum absolute atomic E-state index is 12.4. The molecule has 0 saturated carbocycles. The maximum Gasteiger partial charge on any atom is 0.220 e. The van der Waals surface area contributed by atoms with Crippen molar-refractivity contribution in [3.8, 4) is 0 Å². The van der Waals surface area contributed by atoms with Crippen LogP contribution in [-0.4, -0.2) is 34.9 Å². The minimum absolute atomic E-state index is 0.0676. The molecule has 0 aromatic rings. The second kappa shape index (κ2) is 49.2. The van der Waals surface area contributed by atoms with Gasteiger partial charge in [0, 0.05) is 6.42 Å². The Morgan fingerprint density at radius 3 is 1.02 bits per heavy atom. The van der Waals surface area contributed by atoms with Gasteiger partial charge < -0.3 is 15.5 Å². The molecule has 0 heterocycles. The summed E-state index contributed by atoms with van der Waals surface area (Å²) in [6.07, 6.45) is 64.7. The largest absolute Gasteiger partial charge is 0.394 e. The van der Waals surface area contributed by atoms with Crippen molar-refractivity contribution in [2.24, 2.45) is 0 Å². The van der Waals surface area contributed by atoms with Gasteiger partial charge in [-0.15, -0.1) is 0 Å². The molecule has 0 aliphatic carbocycles. The van der Waals surface area contributed by atoms with E-state index in [4.69, 9.17) is 0 Å². The SMILES string of the molecule is CCCCCCCCCCCCCCCCCC/C=C/CC/C=C/C(O)C(CO)NC(=O)CCCCCCCCCCCCCCCCCCCCCCCCC. The summed E-state index contributed by atoms with van der Waals surface area (Å²) in [5, 5.41) is 23.1. The van der Waals surface area contributed by atoms with Gasteiger partial charge in [0.25, 0.3) is 0 Å². The van der Waals surface area contributed by atoms with Crippen LogP contribution in [0.1, 0.15) is 290 Å². The summed E-state index contributed by atoms with van der Waals surface area (Å²) in [6, 6.07) is -0.635. The van der Waals surface area contributed by atoms with Crippen LogP contribution in [0.5, 0.6) is 0 Å². The van der Waals surface area contributed by atoms with Crippen LogP contribution < -0.4 is 5.32 Å². The molecule has 0 radical (unpaired) electrons. The number of allylic oxidation sites excluding steroid dienone is 3. The first-order valence-electron chi connectivity index (χ1n) is 26.1. The lowest BCUT2D eigenvalue weighted by atomic mass is 10.0. The molecule has 0 aliphatic heterocycles. The van der Waals surface area contributed by atoms with Gasteiger partial charge in [0.05, 0.1) is 18.8 Å². The number of unbranched alkanes of at least 4 members (excludes halogenated alkanes) is 39. The Morgan fingerprint density at radius 1 is 0.404 bits per heavy atom. The van der Waals surface area contributed by atoms with Crippen LogP contribution in [-0.2, 0) is 4.79 Å². The van der Waals surface area contributed by atoms with Crippen molar-refractivity contribution < 1.29 is 15.0 Å². The summed E-state index contributed by atoms with van der Waals surface area (Å²) < 4.78 is 0. The van der Waals surface area contributed by atoms with Crippen LogP contribution in [0.15, 0.2) is 24.3 Å². The minimum Gasteiger partial charge on any atom is -0.394 e. The fourth-order valence-electron chi connectivity index (χ4n) is 8.20. The highest BCUT2D eigenvalue weighted by Gasteiger charge is 2.17. The van der Waals surface area contributed by atoms with E-state index in [1.165, 1.54) is 238 Å². The Balaban J connectivity index is 3.52. The normalized spacial score (nSPS) is 13.0. The van der Waals surface area contributed by atoms with E-state index in [2.05, 4.69) is 31.3 Å². The van der Waals surface area contributed by atoms with Gasteiger partial charge in [0.15, 0.2) is 0 Å². The highest BCUT2D eigenvalue weighted by atomic mass is 16.3. The molecule has 0 bridgehead atoms. The average molecular weight is 802 g/mol. The molecule has 338 valence electrons. The standard InChI is InChI=1S/C53H103NO3/c1-3-5-7-9-11-13-15-17-19-21-23-25-27-29-31-33-35-37-39-41-43-45-47-49-53(57)54-51(50-55)52(56)48-46-44-42-40-38-36-34-32-30-28-26-24-22-20-18-16-14-12-10-8-6-4-2/h38,40,46,48,51-52,55-56H,3-37,39,41-45,47,49-50H2,1-2H3,(H,54,57)/b40-38+,48-46+. The molecule has 0 rings (SSSR count). The lowest BCUT2D eigenvalue weighted by molar-refractivity contribution is -0.123. The predicted octanol–water partition coefficient (Wildman–Crippen LogP) is 16.8. The monoisotopic (exact) mass is 802 g/mol. The molecular weight excluding hydrogens is 699 g/mol. The third-order valence-electron chi connectivity index (χ3n) is 12.2. The van der Waals surface area contributed by atoms with Crippen molar-refractivity contribution in [1.29, 1.82) is 0 Å². The van der Waals surface area contributed by atoms with Gasteiger partial charge in [0.2, 0.25) is 5.91 Å². The van der Waals surface area contributed by atoms with Gasteiger partial charge in [-0.25, -0.2) is 0 Å². The third kappa shape index (κ3) is 45.8. The summed E-state index contributed by atoms with van der Waals surface area (Å²) in [5.41, 5.74) is 0. The number of aliphatic hydroxyl groups excluding tert-OH is 2. The molecular formula is C53H103NO3. The molecule has 0 fully saturated rings. The summed E-state index contributed by atoms with van der Waals surface area (Å²) in [6.45, 7) is 4.33. The van der Waals surface area contributed by atoms with Crippen LogP contribution in [0.3, 0.4) is 0 Å². The maximum atomic E-state index is 12.4. The van der Waals surface area contributed by atoms with Gasteiger partial charge in [0.1, 0.15) is 0 Å². The molecule has 0 aliphatic rings.